The van der Waals surface area contributed by atoms with Crippen molar-refractivity contribution in [2.24, 2.45) is 0 Å². The molecule has 1 saturated heterocycles. The summed E-state index contributed by atoms with van der Waals surface area (Å²) in [6, 6.07) is 0. The molecule has 64 valence electrons. The Labute approximate surface area is 66.4 Å². The topological polar surface area (TPSA) is 20.3 Å². The van der Waals surface area contributed by atoms with Crippen molar-refractivity contribution in [3.8, 4) is 0 Å². The summed E-state index contributed by atoms with van der Waals surface area (Å²) in [5.41, 5.74) is -0.485. The normalized spacial score (nSPS) is 27.4. The van der Waals surface area contributed by atoms with E-state index in [2.05, 4.69) is 0 Å². The van der Waals surface area contributed by atoms with Crippen LogP contribution in [0.25, 0.3) is 0 Å². The third-order valence-corrected chi connectivity index (χ3v) is 2.23. The fourth-order valence-electron chi connectivity index (χ4n) is 1.32. The van der Waals surface area contributed by atoms with Crippen LogP contribution in [0.4, 0.5) is 4.39 Å². The molecule has 0 bridgehead atoms. The molecule has 2 nitrogen and oxygen atoms in total. The van der Waals surface area contributed by atoms with Gasteiger partial charge in [-0.1, -0.05) is 0 Å². The zero-order valence-corrected chi connectivity index (χ0v) is 7.01. The second kappa shape index (κ2) is 2.89. The Kier molecular flexibility index (Phi) is 2.28. The lowest BCUT2D eigenvalue weighted by Crippen LogP contribution is -2.43. The molecule has 1 aliphatic heterocycles. The van der Waals surface area contributed by atoms with Gasteiger partial charge in [-0.05, 0) is 20.3 Å². The molecule has 0 aromatic carbocycles. The van der Waals surface area contributed by atoms with Gasteiger partial charge >= 0.3 is 0 Å². The molecule has 1 aliphatic rings. The van der Waals surface area contributed by atoms with E-state index in [-0.39, 0.29) is 0 Å². The predicted molar refractivity (Wildman–Crippen MR) is 41.2 cm³/mol. The maximum atomic E-state index is 12.7. The Morgan fingerprint density at radius 3 is 2.64 bits per heavy atom. The van der Waals surface area contributed by atoms with Crippen molar-refractivity contribution in [3.63, 3.8) is 0 Å². The minimum atomic E-state index is -0.741. The molecule has 0 saturated carbocycles. The third-order valence-electron chi connectivity index (χ3n) is 2.23. The van der Waals surface area contributed by atoms with Crippen LogP contribution in [-0.2, 0) is 4.79 Å². The number of rotatable bonds is 2. The molecule has 0 amide bonds. The van der Waals surface area contributed by atoms with Crippen molar-refractivity contribution in [1.29, 1.82) is 0 Å². The number of hydrogen-bond donors (Lipinski definition) is 0. The Morgan fingerprint density at radius 2 is 2.27 bits per heavy atom. The van der Waals surface area contributed by atoms with Gasteiger partial charge in [-0.2, -0.15) is 0 Å². The summed E-state index contributed by atoms with van der Waals surface area (Å²) in [7, 11) is 0. The van der Waals surface area contributed by atoms with Crippen molar-refractivity contribution in [3.05, 3.63) is 0 Å². The number of alkyl halides is 1. The summed E-state index contributed by atoms with van der Waals surface area (Å²) in [5, 5.41) is 0. The lowest BCUT2D eigenvalue weighted by atomic mass is 10.1. The predicted octanol–water partition coefficient (Wildman–Crippen LogP) is 1.01. The molecule has 1 fully saturated rings. The quantitative estimate of drug-likeness (QED) is 0.560. The van der Waals surface area contributed by atoms with Crippen molar-refractivity contribution in [1.82, 2.24) is 4.90 Å². The molecule has 0 aliphatic carbocycles. The van der Waals surface area contributed by atoms with Crippen molar-refractivity contribution >= 4 is 6.29 Å². The Balaban J connectivity index is 2.55. The van der Waals surface area contributed by atoms with E-state index in [0.717, 1.165) is 6.29 Å². The number of carbonyl (C=O) groups excluding carboxylic acids is 1. The van der Waals surface area contributed by atoms with Gasteiger partial charge in [0.05, 0.1) is 5.54 Å². The van der Waals surface area contributed by atoms with Crippen LogP contribution in [0.3, 0.4) is 0 Å². The highest BCUT2D eigenvalue weighted by molar-refractivity contribution is 5.62. The van der Waals surface area contributed by atoms with Gasteiger partial charge in [0.2, 0.25) is 0 Å². The Bertz CT molecular complexity index is 158. The Morgan fingerprint density at radius 1 is 1.64 bits per heavy atom. The summed E-state index contributed by atoms with van der Waals surface area (Å²) in [5.74, 6) is 0. The fraction of sp³-hybridized carbons (Fsp3) is 0.875. The minimum absolute atomic E-state index is 0.408. The summed E-state index contributed by atoms with van der Waals surface area (Å²) in [6.07, 6.45) is 0.705. The average molecular weight is 159 g/mol. The van der Waals surface area contributed by atoms with E-state index >= 15 is 0 Å². The summed E-state index contributed by atoms with van der Waals surface area (Å²) in [6.45, 7) is 4.74. The van der Waals surface area contributed by atoms with Crippen LogP contribution in [0.15, 0.2) is 0 Å². The summed E-state index contributed by atoms with van der Waals surface area (Å²) >= 11 is 0. The molecular formula is C8H14FNO. The lowest BCUT2D eigenvalue weighted by molar-refractivity contribution is -0.116. The molecule has 1 atom stereocenters. The molecule has 0 spiro atoms. The first kappa shape index (κ1) is 8.65. The van der Waals surface area contributed by atoms with Crippen LogP contribution in [0.2, 0.25) is 0 Å². The van der Waals surface area contributed by atoms with Gasteiger partial charge in [0.1, 0.15) is 12.5 Å². The molecule has 0 aromatic heterocycles. The number of aldehydes is 1. The molecule has 0 aromatic rings. The number of nitrogens with zero attached hydrogens (tertiary/aromatic N) is 1. The number of hydrogen-bond acceptors (Lipinski definition) is 2. The standard InChI is InChI=1S/C8H14FNO/c1-8(2,6-11)10-4-3-7(9)5-10/h6-7H,3-5H2,1-2H3/t7-/m0/s1. The van der Waals surface area contributed by atoms with Crippen molar-refractivity contribution < 1.29 is 9.18 Å². The van der Waals surface area contributed by atoms with Crippen LogP contribution in [0, 0.1) is 0 Å². The highest BCUT2D eigenvalue weighted by Crippen LogP contribution is 2.20. The molecule has 11 heavy (non-hydrogen) atoms. The van der Waals surface area contributed by atoms with Crippen LogP contribution >= 0.6 is 0 Å². The maximum absolute atomic E-state index is 12.7. The van der Waals surface area contributed by atoms with Gasteiger partial charge in [0, 0.05) is 13.1 Å². The second-order valence-electron chi connectivity index (χ2n) is 3.60. The maximum Gasteiger partial charge on any atom is 0.139 e. The van der Waals surface area contributed by atoms with Crippen LogP contribution in [0.5, 0.6) is 0 Å². The smallest absolute Gasteiger partial charge is 0.139 e. The van der Waals surface area contributed by atoms with E-state index < -0.39 is 11.7 Å². The van der Waals surface area contributed by atoms with E-state index in [1.807, 2.05) is 18.7 Å². The number of carbonyl (C=O) groups is 1. The Hall–Kier alpha value is -0.440. The van der Waals surface area contributed by atoms with Crippen LogP contribution < -0.4 is 0 Å². The highest BCUT2D eigenvalue weighted by atomic mass is 19.1. The van der Waals surface area contributed by atoms with Crippen LogP contribution in [0.1, 0.15) is 20.3 Å². The lowest BCUT2D eigenvalue weighted by Gasteiger charge is -2.29. The first-order valence-corrected chi connectivity index (χ1v) is 3.92. The molecular weight excluding hydrogens is 145 g/mol. The van der Waals surface area contributed by atoms with E-state index in [9.17, 15) is 9.18 Å². The molecule has 0 unspecified atom stereocenters. The van der Waals surface area contributed by atoms with Gasteiger partial charge in [-0.15, -0.1) is 0 Å². The fourth-order valence-corrected chi connectivity index (χ4v) is 1.32. The van der Waals surface area contributed by atoms with E-state index in [4.69, 9.17) is 0 Å². The SMILES string of the molecule is CC(C)(C=O)N1CC[C@H](F)C1. The summed E-state index contributed by atoms with van der Waals surface area (Å²) in [4.78, 5) is 12.4. The zero-order valence-electron chi connectivity index (χ0n) is 7.01. The van der Waals surface area contributed by atoms with Gasteiger partial charge in [-0.3, -0.25) is 4.90 Å². The molecule has 0 radical (unpaired) electrons. The highest BCUT2D eigenvalue weighted by Gasteiger charge is 2.32. The van der Waals surface area contributed by atoms with Gasteiger partial charge in [-0.25, -0.2) is 4.39 Å². The van der Waals surface area contributed by atoms with Crippen molar-refractivity contribution in [2.45, 2.75) is 32.0 Å². The number of halogens is 1. The first-order chi connectivity index (χ1) is 5.06. The largest absolute Gasteiger partial charge is 0.301 e. The first-order valence-electron chi connectivity index (χ1n) is 3.92. The van der Waals surface area contributed by atoms with Gasteiger partial charge in [0.15, 0.2) is 0 Å². The zero-order chi connectivity index (χ0) is 8.48. The monoisotopic (exact) mass is 159 g/mol. The second-order valence-corrected chi connectivity index (χ2v) is 3.60. The average Bonchev–Trinajstić information content (AvgIpc) is 2.36. The van der Waals surface area contributed by atoms with Gasteiger partial charge in [0.25, 0.3) is 0 Å². The molecule has 1 rings (SSSR count). The molecule has 3 heteroatoms. The van der Waals surface area contributed by atoms with E-state index in [1.54, 1.807) is 0 Å². The summed E-state index contributed by atoms with van der Waals surface area (Å²) < 4.78 is 12.7. The van der Waals surface area contributed by atoms with Gasteiger partial charge < -0.3 is 4.79 Å². The minimum Gasteiger partial charge on any atom is -0.301 e. The molecule has 0 N–H and O–H groups in total. The van der Waals surface area contributed by atoms with Crippen molar-refractivity contribution in [2.75, 3.05) is 13.1 Å². The van der Waals surface area contributed by atoms with Crippen LogP contribution in [-0.4, -0.2) is 36.0 Å². The molecule has 1 heterocycles. The third kappa shape index (κ3) is 1.77. The number of likely N-dealkylation sites (tertiary alicyclic amines) is 1. The van der Waals surface area contributed by atoms with E-state index in [1.165, 1.54) is 0 Å². The van der Waals surface area contributed by atoms with E-state index in [0.29, 0.717) is 19.5 Å².